The van der Waals surface area contributed by atoms with Crippen LogP contribution in [-0.2, 0) is 6.42 Å². The van der Waals surface area contributed by atoms with Gasteiger partial charge in [-0.15, -0.1) is 0 Å². The lowest BCUT2D eigenvalue weighted by Crippen LogP contribution is -2.26. The molecule has 1 aromatic heterocycles. The van der Waals surface area contributed by atoms with Gasteiger partial charge < -0.3 is 10.8 Å². The van der Waals surface area contributed by atoms with Crippen LogP contribution in [-0.4, -0.2) is 22.7 Å². The van der Waals surface area contributed by atoms with Crippen LogP contribution in [0.5, 0.6) is 0 Å². The highest BCUT2D eigenvalue weighted by molar-refractivity contribution is 5.09. The lowest BCUT2D eigenvalue weighted by atomic mass is 10.1. The van der Waals surface area contributed by atoms with Crippen molar-refractivity contribution in [3.05, 3.63) is 30.1 Å². The Morgan fingerprint density at radius 2 is 2.45 bits per heavy atom. The van der Waals surface area contributed by atoms with Crippen LogP contribution in [0, 0.1) is 0 Å². The first kappa shape index (κ1) is 8.17. The molecule has 0 aliphatic rings. The molecule has 0 fully saturated rings. The SMILES string of the molecule is N[C@@H](CO)Cc1cccnc1. The Labute approximate surface area is 65.9 Å². The van der Waals surface area contributed by atoms with Crippen LogP contribution in [0.2, 0.25) is 0 Å². The van der Waals surface area contributed by atoms with E-state index in [4.69, 9.17) is 10.8 Å². The normalized spacial score (nSPS) is 12.9. The molecule has 0 aliphatic heterocycles. The minimum Gasteiger partial charge on any atom is -0.395 e. The summed E-state index contributed by atoms with van der Waals surface area (Å²) in [6.07, 6.45) is 4.16. The number of hydrogen-bond donors (Lipinski definition) is 2. The number of hydrogen-bond acceptors (Lipinski definition) is 3. The zero-order valence-electron chi connectivity index (χ0n) is 6.27. The first-order valence-corrected chi connectivity index (χ1v) is 3.58. The van der Waals surface area contributed by atoms with Crippen LogP contribution < -0.4 is 5.73 Å². The van der Waals surface area contributed by atoms with Gasteiger partial charge in [-0.05, 0) is 18.1 Å². The van der Waals surface area contributed by atoms with Gasteiger partial charge >= 0.3 is 0 Å². The number of aliphatic hydroxyl groups excluding tert-OH is 1. The summed E-state index contributed by atoms with van der Waals surface area (Å²) in [5.41, 5.74) is 6.59. The predicted octanol–water partition coefficient (Wildman–Crippen LogP) is -0.0563. The third-order valence-corrected chi connectivity index (χ3v) is 1.46. The molecule has 1 rings (SSSR count). The third-order valence-electron chi connectivity index (χ3n) is 1.46. The maximum absolute atomic E-state index is 8.65. The lowest BCUT2D eigenvalue weighted by molar-refractivity contribution is 0.265. The summed E-state index contributed by atoms with van der Waals surface area (Å²) >= 11 is 0. The zero-order valence-corrected chi connectivity index (χ0v) is 6.27. The van der Waals surface area contributed by atoms with E-state index in [1.807, 2.05) is 12.1 Å². The molecule has 0 aliphatic carbocycles. The minimum atomic E-state index is -0.167. The van der Waals surface area contributed by atoms with Gasteiger partial charge in [-0.1, -0.05) is 6.07 Å². The van der Waals surface area contributed by atoms with Gasteiger partial charge in [-0.25, -0.2) is 0 Å². The van der Waals surface area contributed by atoms with Gasteiger partial charge in [0.2, 0.25) is 0 Å². The van der Waals surface area contributed by atoms with Gasteiger partial charge in [0.05, 0.1) is 6.61 Å². The fourth-order valence-corrected chi connectivity index (χ4v) is 0.886. The number of aliphatic hydroxyl groups is 1. The summed E-state index contributed by atoms with van der Waals surface area (Å²) in [6, 6.07) is 3.64. The van der Waals surface area contributed by atoms with Crippen LogP contribution >= 0.6 is 0 Å². The number of pyridine rings is 1. The van der Waals surface area contributed by atoms with E-state index in [1.54, 1.807) is 12.4 Å². The molecule has 0 amide bonds. The first-order chi connectivity index (χ1) is 5.33. The topological polar surface area (TPSA) is 59.1 Å². The summed E-state index contributed by atoms with van der Waals surface area (Å²) in [5, 5.41) is 8.65. The monoisotopic (exact) mass is 152 g/mol. The van der Waals surface area contributed by atoms with Crippen molar-refractivity contribution in [2.45, 2.75) is 12.5 Å². The summed E-state index contributed by atoms with van der Waals surface area (Å²) < 4.78 is 0. The molecular formula is C8H12N2O. The van der Waals surface area contributed by atoms with Gasteiger partial charge in [-0.2, -0.15) is 0 Å². The molecule has 0 saturated heterocycles. The second kappa shape index (κ2) is 4.05. The smallest absolute Gasteiger partial charge is 0.0585 e. The molecule has 11 heavy (non-hydrogen) atoms. The largest absolute Gasteiger partial charge is 0.395 e. The molecule has 3 N–H and O–H groups in total. The molecule has 3 nitrogen and oxygen atoms in total. The fourth-order valence-electron chi connectivity index (χ4n) is 0.886. The van der Waals surface area contributed by atoms with Crippen molar-refractivity contribution < 1.29 is 5.11 Å². The van der Waals surface area contributed by atoms with Crippen LogP contribution in [0.3, 0.4) is 0 Å². The minimum absolute atomic E-state index is 0.0227. The summed E-state index contributed by atoms with van der Waals surface area (Å²) in [5.74, 6) is 0. The van der Waals surface area contributed by atoms with E-state index in [1.165, 1.54) is 0 Å². The van der Waals surface area contributed by atoms with Gasteiger partial charge in [0.15, 0.2) is 0 Å². The Morgan fingerprint density at radius 3 is 3.00 bits per heavy atom. The molecule has 0 radical (unpaired) electrons. The lowest BCUT2D eigenvalue weighted by Gasteiger charge is -2.06. The van der Waals surface area contributed by atoms with Crippen LogP contribution in [0.4, 0.5) is 0 Å². The van der Waals surface area contributed by atoms with Crippen LogP contribution in [0.1, 0.15) is 5.56 Å². The number of aromatic nitrogens is 1. The van der Waals surface area contributed by atoms with E-state index in [0.717, 1.165) is 5.56 Å². The zero-order chi connectivity index (χ0) is 8.10. The Morgan fingerprint density at radius 1 is 1.64 bits per heavy atom. The van der Waals surface area contributed by atoms with E-state index in [9.17, 15) is 0 Å². The van der Waals surface area contributed by atoms with Crippen molar-refractivity contribution in [3.8, 4) is 0 Å². The molecule has 0 bridgehead atoms. The maximum Gasteiger partial charge on any atom is 0.0585 e. The predicted molar refractivity (Wildman–Crippen MR) is 43.0 cm³/mol. The Balaban J connectivity index is 2.51. The molecule has 3 heteroatoms. The molecule has 1 aromatic rings. The highest BCUT2D eigenvalue weighted by atomic mass is 16.3. The van der Waals surface area contributed by atoms with Crippen molar-refractivity contribution >= 4 is 0 Å². The molecule has 1 heterocycles. The van der Waals surface area contributed by atoms with E-state index in [0.29, 0.717) is 6.42 Å². The van der Waals surface area contributed by atoms with Gasteiger partial charge in [0.1, 0.15) is 0 Å². The van der Waals surface area contributed by atoms with Crippen molar-refractivity contribution in [3.63, 3.8) is 0 Å². The van der Waals surface area contributed by atoms with Crippen molar-refractivity contribution in [1.82, 2.24) is 4.98 Å². The van der Waals surface area contributed by atoms with Gasteiger partial charge in [-0.3, -0.25) is 4.98 Å². The quantitative estimate of drug-likeness (QED) is 0.638. The number of rotatable bonds is 3. The Kier molecular flexibility index (Phi) is 3.01. The molecule has 0 saturated carbocycles. The fraction of sp³-hybridized carbons (Fsp3) is 0.375. The average Bonchev–Trinajstić information content (AvgIpc) is 2.06. The molecule has 0 spiro atoms. The highest BCUT2D eigenvalue weighted by Gasteiger charge is 2.00. The number of nitrogens with zero attached hydrogens (tertiary/aromatic N) is 1. The van der Waals surface area contributed by atoms with Crippen LogP contribution in [0.25, 0.3) is 0 Å². The van der Waals surface area contributed by atoms with Crippen molar-refractivity contribution in [1.29, 1.82) is 0 Å². The second-order valence-electron chi connectivity index (χ2n) is 2.51. The van der Waals surface area contributed by atoms with Gasteiger partial charge in [0, 0.05) is 18.4 Å². The molecule has 1 atom stereocenters. The first-order valence-electron chi connectivity index (χ1n) is 3.58. The van der Waals surface area contributed by atoms with Gasteiger partial charge in [0.25, 0.3) is 0 Å². The second-order valence-corrected chi connectivity index (χ2v) is 2.51. The third kappa shape index (κ3) is 2.65. The number of nitrogens with two attached hydrogens (primary N) is 1. The standard InChI is InChI=1S/C8H12N2O/c9-8(6-11)4-7-2-1-3-10-5-7/h1-3,5,8,11H,4,6,9H2/t8-/m1/s1. The Bertz CT molecular complexity index is 201. The average molecular weight is 152 g/mol. The van der Waals surface area contributed by atoms with Crippen molar-refractivity contribution in [2.75, 3.05) is 6.61 Å². The summed E-state index contributed by atoms with van der Waals surface area (Å²) in [4.78, 5) is 3.93. The Hall–Kier alpha value is -0.930. The summed E-state index contributed by atoms with van der Waals surface area (Å²) in [6.45, 7) is 0.0227. The molecule has 0 aromatic carbocycles. The highest BCUT2D eigenvalue weighted by Crippen LogP contribution is 1.98. The molecule has 60 valence electrons. The van der Waals surface area contributed by atoms with E-state index < -0.39 is 0 Å². The molecule has 0 unspecified atom stereocenters. The van der Waals surface area contributed by atoms with E-state index >= 15 is 0 Å². The van der Waals surface area contributed by atoms with Crippen molar-refractivity contribution in [2.24, 2.45) is 5.73 Å². The maximum atomic E-state index is 8.65. The van der Waals surface area contributed by atoms with Crippen LogP contribution in [0.15, 0.2) is 24.5 Å². The van der Waals surface area contributed by atoms with E-state index in [2.05, 4.69) is 4.98 Å². The molecular weight excluding hydrogens is 140 g/mol. The summed E-state index contributed by atoms with van der Waals surface area (Å²) in [7, 11) is 0. The van der Waals surface area contributed by atoms with E-state index in [-0.39, 0.29) is 12.6 Å².